The highest BCUT2D eigenvalue weighted by Crippen LogP contribution is 2.32. The van der Waals surface area contributed by atoms with Gasteiger partial charge in [0.05, 0.1) is 19.2 Å². The molecule has 4 aromatic rings. The molecule has 0 saturated heterocycles. The number of aromatic nitrogens is 4. The number of pyridine rings is 1. The topological polar surface area (TPSA) is 99.1 Å². The molecule has 8 nitrogen and oxygen atoms in total. The molecule has 2 aromatic heterocycles. The number of rotatable bonds is 9. The number of thioether (sulfide) groups is 1. The van der Waals surface area contributed by atoms with Gasteiger partial charge < -0.3 is 14.8 Å². The van der Waals surface area contributed by atoms with Gasteiger partial charge in [-0.05, 0) is 60.7 Å². The molecule has 178 valence electrons. The van der Waals surface area contributed by atoms with Crippen LogP contribution < -0.4 is 14.8 Å². The lowest BCUT2D eigenvalue weighted by molar-refractivity contribution is -0.115. The number of hydrogen-bond acceptors (Lipinski definition) is 8. The summed E-state index contributed by atoms with van der Waals surface area (Å²) in [6.07, 6.45) is 1.74. The van der Waals surface area contributed by atoms with Crippen molar-refractivity contribution in [2.75, 3.05) is 25.3 Å². The predicted octanol–water partition coefficient (Wildman–Crippen LogP) is 5.39. The van der Waals surface area contributed by atoms with E-state index in [1.54, 1.807) is 26.4 Å². The second-order valence-electron chi connectivity index (χ2n) is 7.26. The van der Waals surface area contributed by atoms with Crippen molar-refractivity contribution in [2.45, 2.75) is 11.6 Å². The van der Waals surface area contributed by atoms with E-state index < -0.39 is 0 Å². The summed E-state index contributed by atoms with van der Waals surface area (Å²) in [5.74, 6) is 2.27. The molecule has 0 radical (unpaired) electrons. The first-order valence-corrected chi connectivity index (χ1v) is 12.0. The molecule has 35 heavy (non-hydrogen) atoms. The fraction of sp³-hybridized carbons (Fsp3) is 0.160. The molecule has 0 aliphatic rings. The standard InChI is InChI=1S/C25H22ClN5O3S/c1-33-19-8-3-16(4-9-19)23-24(17-5-10-20(34-2)11-6-17)30-31-25(29-23)35-14-13-22(32)28-21-12-7-18(26)15-27-21/h3-12,15H,13-14H2,1-2H3,(H,27,28,32). The van der Waals surface area contributed by atoms with Crippen LogP contribution >= 0.6 is 23.4 Å². The quantitative estimate of drug-likeness (QED) is 0.301. The number of amides is 1. The number of carbonyl (C=O) groups excluding carboxylic acids is 1. The third-order valence-electron chi connectivity index (χ3n) is 4.95. The normalized spacial score (nSPS) is 10.6. The lowest BCUT2D eigenvalue weighted by atomic mass is 10.0. The molecule has 0 aliphatic carbocycles. The molecule has 2 heterocycles. The number of methoxy groups -OCH3 is 2. The summed E-state index contributed by atoms with van der Waals surface area (Å²) in [6.45, 7) is 0. The average molecular weight is 508 g/mol. The van der Waals surface area contributed by atoms with E-state index in [0.29, 0.717) is 33.1 Å². The van der Waals surface area contributed by atoms with Crippen LogP contribution in [0.3, 0.4) is 0 Å². The summed E-state index contributed by atoms with van der Waals surface area (Å²) in [5, 5.41) is 12.5. The van der Waals surface area contributed by atoms with E-state index >= 15 is 0 Å². The van der Waals surface area contributed by atoms with Gasteiger partial charge in [0.15, 0.2) is 0 Å². The minimum Gasteiger partial charge on any atom is -0.497 e. The highest BCUT2D eigenvalue weighted by molar-refractivity contribution is 7.99. The lowest BCUT2D eigenvalue weighted by Gasteiger charge is -2.10. The predicted molar refractivity (Wildman–Crippen MR) is 137 cm³/mol. The van der Waals surface area contributed by atoms with Crippen LogP contribution in [0.5, 0.6) is 11.5 Å². The van der Waals surface area contributed by atoms with Crippen molar-refractivity contribution < 1.29 is 14.3 Å². The minimum atomic E-state index is -0.162. The first kappa shape index (κ1) is 24.4. The lowest BCUT2D eigenvalue weighted by Crippen LogP contribution is -2.13. The Labute approximate surface area is 212 Å². The van der Waals surface area contributed by atoms with Crippen LogP contribution in [0.25, 0.3) is 22.5 Å². The molecule has 4 rings (SSSR count). The number of carbonyl (C=O) groups is 1. The Morgan fingerprint density at radius 1 is 0.886 bits per heavy atom. The number of benzene rings is 2. The van der Waals surface area contributed by atoms with Crippen molar-refractivity contribution in [1.82, 2.24) is 20.2 Å². The van der Waals surface area contributed by atoms with Gasteiger partial charge in [0.25, 0.3) is 0 Å². The maximum atomic E-state index is 12.3. The summed E-state index contributed by atoms with van der Waals surface area (Å²) >= 11 is 7.18. The second-order valence-corrected chi connectivity index (χ2v) is 8.76. The Morgan fingerprint density at radius 2 is 1.51 bits per heavy atom. The molecule has 0 unspecified atom stereocenters. The van der Waals surface area contributed by atoms with Crippen molar-refractivity contribution in [3.63, 3.8) is 0 Å². The van der Waals surface area contributed by atoms with Crippen molar-refractivity contribution >= 4 is 35.1 Å². The van der Waals surface area contributed by atoms with Crippen LogP contribution in [0, 0.1) is 0 Å². The van der Waals surface area contributed by atoms with E-state index in [-0.39, 0.29) is 12.3 Å². The van der Waals surface area contributed by atoms with Crippen LogP contribution in [0.2, 0.25) is 5.02 Å². The number of ether oxygens (including phenoxy) is 2. The molecule has 1 N–H and O–H groups in total. The molecule has 0 bridgehead atoms. The number of anilines is 1. The van der Waals surface area contributed by atoms with E-state index in [2.05, 4.69) is 20.5 Å². The summed E-state index contributed by atoms with van der Waals surface area (Å²) in [6, 6.07) is 18.5. The summed E-state index contributed by atoms with van der Waals surface area (Å²) in [7, 11) is 3.25. The number of nitrogens with zero attached hydrogens (tertiary/aromatic N) is 4. The van der Waals surface area contributed by atoms with Gasteiger partial charge >= 0.3 is 0 Å². The molecule has 0 fully saturated rings. The van der Waals surface area contributed by atoms with Gasteiger partial charge in [-0.3, -0.25) is 4.79 Å². The van der Waals surface area contributed by atoms with Crippen LogP contribution in [0.15, 0.2) is 72.0 Å². The summed E-state index contributed by atoms with van der Waals surface area (Å²) in [4.78, 5) is 21.1. The molecule has 0 saturated carbocycles. The third kappa shape index (κ3) is 6.46. The SMILES string of the molecule is COc1ccc(-c2nnc(SCCC(=O)Nc3ccc(Cl)cn3)nc2-c2ccc(OC)cc2)cc1. The van der Waals surface area contributed by atoms with E-state index in [0.717, 1.165) is 22.6 Å². The van der Waals surface area contributed by atoms with E-state index in [4.69, 9.17) is 26.1 Å². The van der Waals surface area contributed by atoms with Crippen LogP contribution in [0.4, 0.5) is 5.82 Å². The molecule has 0 aliphatic heterocycles. The Kier molecular flexibility index (Phi) is 8.12. The smallest absolute Gasteiger partial charge is 0.226 e. The van der Waals surface area contributed by atoms with Gasteiger partial charge in [-0.2, -0.15) is 0 Å². The molecule has 10 heteroatoms. The van der Waals surface area contributed by atoms with Gasteiger partial charge in [-0.1, -0.05) is 23.4 Å². The van der Waals surface area contributed by atoms with Gasteiger partial charge in [0, 0.05) is 29.5 Å². The van der Waals surface area contributed by atoms with Crippen molar-refractivity contribution in [3.8, 4) is 34.0 Å². The van der Waals surface area contributed by atoms with E-state index in [1.807, 2.05) is 48.5 Å². The number of nitrogens with one attached hydrogen (secondary N) is 1. The van der Waals surface area contributed by atoms with Crippen molar-refractivity contribution in [3.05, 3.63) is 71.9 Å². The monoisotopic (exact) mass is 507 g/mol. The highest BCUT2D eigenvalue weighted by Gasteiger charge is 2.15. The second kappa shape index (κ2) is 11.6. The largest absolute Gasteiger partial charge is 0.497 e. The fourth-order valence-electron chi connectivity index (χ4n) is 3.16. The molecule has 0 atom stereocenters. The van der Waals surface area contributed by atoms with Crippen molar-refractivity contribution in [1.29, 1.82) is 0 Å². The minimum absolute atomic E-state index is 0.162. The summed E-state index contributed by atoms with van der Waals surface area (Å²) in [5.41, 5.74) is 3.07. The molecular weight excluding hydrogens is 486 g/mol. The molecule has 2 aromatic carbocycles. The zero-order valence-electron chi connectivity index (χ0n) is 19.1. The Hall–Kier alpha value is -3.69. The molecular formula is C25H22ClN5O3S. The third-order valence-corrected chi connectivity index (χ3v) is 6.01. The van der Waals surface area contributed by atoms with Crippen LogP contribution in [-0.2, 0) is 4.79 Å². The average Bonchev–Trinajstić information content (AvgIpc) is 2.90. The van der Waals surface area contributed by atoms with E-state index in [9.17, 15) is 4.79 Å². The van der Waals surface area contributed by atoms with Gasteiger partial charge in [-0.15, -0.1) is 10.2 Å². The van der Waals surface area contributed by atoms with Crippen molar-refractivity contribution in [2.24, 2.45) is 0 Å². The van der Waals surface area contributed by atoms with Gasteiger partial charge in [0.2, 0.25) is 11.1 Å². The first-order chi connectivity index (χ1) is 17.1. The van der Waals surface area contributed by atoms with Crippen LogP contribution in [-0.4, -0.2) is 46.0 Å². The molecule has 1 amide bonds. The highest BCUT2D eigenvalue weighted by atomic mass is 35.5. The Bertz CT molecular complexity index is 1290. The maximum absolute atomic E-state index is 12.3. The Balaban J connectivity index is 1.51. The molecule has 0 spiro atoms. The fourth-order valence-corrected chi connectivity index (χ4v) is 3.99. The summed E-state index contributed by atoms with van der Waals surface area (Å²) < 4.78 is 10.5. The van der Waals surface area contributed by atoms with Gasteiger partial charge in [0.1, 0.15) is 28.7 Å². The maximum Gasteiger partial charge on any atom is 0.226 e. The first-order valence-electron chi connectivity index (χ1n) is 10.6. The Morgan fingerprint density at radius 3 is 2.09 bits per heavy atom. The van der Waals surface area contributed by atoms with Crippen LogP contribution in [0.1, 0.15) is 6.42 Å². The van der Waals surface area contributed by atoms with E-state index in [1.165, 1.54) is 18.0 Å². The zero-order valence-corrected chi connectivity index (χ0v) is 20.6. The van der Waals surface area contributed by atoms with Gasteiger partial charge in [-0.25, -0.2) is 9.97 Å². The zero-order chi connectivity index (χ0) is 24.6. The number of hydrogen-bond donors (Lipinski definition) is 1. The number of halogens is 1.